The Morgan fingerprint density at radius 1 is 1.04 bits per heavy atom. The van der Waals surface area contributed by atoms with Crippen molar-refractivity contribution in [2.45, 2.75) is 64.9 Å². The second-order valence-electron chi connectivity index (χ2n) is 8.34. The number of amides is 2. The van der Waals surface area contributed by atoms with Gasteiger partial charge in [-0.3, -0.25) is 9.52 Å². The molecule has 0 unspecified atom stereocenters. The summed E-state index contributed by atoms with van der Waals surface area (Å²) in [6.07, 6.45) is 4.97. The fraction of sp³-hybridized carbons (Fsp3) is 0.875. The highest BCUT2D eigenvalue weighted by Crippen LogP contribution is 2.56. The quantitative estimate of drug-likeness (QED) is 0.797. The fourth-order valence-corrected chi connectivity index (χ4v) is 4.27. The molecule has 3 fully saturated rings. The van der Waals surface area contributed by atoms with E-state index in [1.807, 2.05) is 20.8 Å². The molecule has 3 rings (SSSR count). The number of hydrogen-bond donors (Lipinski definition) is 2. The molecule has 0 aliphatic heterocycles. The van der Waals surface area contributed by atoms with Crippen LogP contribution in [0.2, 0.25) is 0 Å². The van der Waals surface area contributed by atoms with Crippen LogP contribution in [-0.4, -0.2) is 38.8 Å². The molecule has 3 aliphatic carbocycles. The molecule has 0 aromatic heterocycles. The van der Waals surface area contributed by atoms with Gasteiger partial charge in [0.05, 0.1) is 11.7 Å². The molecule has 2 amide bonds. The molecule has 3 saturated carbocycles. The number of fused-ring (bicyclic) bond motifs is 3. The second-order valence-corrected chi connectivity index (χ2v) is 10.1. The van der Waals surface area contributed by atoms with Crippen molar-refractivity contribution in [3.63, 3.8) is 0 Å². The zero-order valence-corrected chi connectivity index (χ0v) is 15.7. The van der Waals surface area contributed by atoms with E-state index in [0.717, 1.165) is 25.5 Å². The lowest BCUT2D eigenvalue weighted by atomic mass is 9.53. The number of rotatable bonds is 4. The molecular formula is C16H28N2O5S. The summed E-state index contributed by atoms with van der Waals surface area (Å²) in [5.41, 5.74) is -1.11. The Morgan fingerprint density at radius 3 is 1.96 bits per heavy atom. The van der Waals surface area contributed by atoms with E-state index in [9.17, 15) is 18.0 Å². The first-order chi connectivity index (χ1) is 10.9. The van der Waals surface area contributed by atoms with Gasteiger partial charge in [0.15, 0.2) is 0 Å². The molecule has 2 N–H and O–H groups in total. The van der Waals surface area contributed by atoms with Gasteiger partial charge in [0, 0.05) is 6.54 Å². The molecule has 0 aromatic carbocycles. The number of hydrogen-bond acceptors (Lipinski definition) is 5. The topological polar surface area (TPSA) is 102 Å². The van der Waals surface area contributed by atoms with E-state index < -0.39 is 27.1 Å². The third-order valence-electron chi connectivity index (χ3n) is 5.17. The average Bonchev–Trinajstić information content (AvgIpc) is 2.44. The van der Waals surface area contributed by atoms with Gasteiger partial charge in [-0.2, -0.15) is 0 Å². The van der Waals surface area contributed by atoms with E-state index in [4.69, 9.17) is 4.74 Å². The number of sulfonamides is 1. The summed E-state index contributed by atoms with van der Waals surface area (Å²) < 4.78 is 30.0. The summed E-state index contributed by atoms with van der Waals surface area (Å²) in [4.78, 5) is 24.2. The third-order valence-corrected chi connectivity index (χ3v) is 5.72. The summed E-state index contributed by atoms with van der Waals surface area (Å²) in [5, 5.41) is 2.85. The smallest absolute Gasteiger partial charge is 0.407 e. The van der Waals surface area contributed by atoms with Crippen molar-refractivity contribution in [1.29, 1.82) is 0 Å². The zero-order chi connectivity index (χ0) is 18.2. The van der Waals surface area contributed by atoms with Crippen molar-refractivity contribution in [1.82, 2.24) is 10.0 Å². The molecule has 3 aliphatic rings. The van der Waals surface area contributed by atoms with Gasteiger partial charge in [-0.25, -0.2) is 13.2 Å². The van der Waals surface area contributed by atoms with Crippen LogP contribution in [-0.2, 0) is 19.6 Å². The molecule has 2 bridgehead atoms. The van der Waals surface area contributed by atoms with Crippen LogP contribution in [0.25, 0.3) is 0 Å². The Morgan fingerprint density at radius 2 is 1.54 bits per heavy atom. The summed E-state index contributed by atoms with van der Waals surface area (Å²) in [6, 6.07) is 0. The van der Waals surface area contributed by atoms with Crippen molar-refractivity contribution in [3.8, 4) is 0 Å². The predicted octanol–water partition coefficient (Wildman–Crippen LogP) is 1.93. The Labute approximate surface area is 143 Å². The summed E-state index contributed by atoms with van der Waals surface area (Å²) >= 11 is 0. The molecule has 0 spiro atoms. The van der Waals surface area contributed by atoms with E-state index in [-0.39, 0.29) is 11.3 Å². The molecule has 8 heteroatoms. The van der Waals surface area contributed by atoms with E-state index in [2.05, 4.69) is 10.0 Å². The SMILES string of the molecule is CC(C)(C)OC(=O)NCC12CCC(C(=O)NS(C)(=O)=O)(CC1)CC2. The largest absolute Gasteiger partial charge is 0.444 e. The van der Waals surface area contributed by atoms with E-state index in [1.54, 1.807) is 0 Å². The average molecular weight is 360 g/mol. The van der Waals surface area contributed by atoms with Gasteiger partial charge < -0.3 is 10.1 Å². The Balaban J connectivity index is 1.91. The Hall–Kier alpha value is -1.31. The van der Waals surface area contributed by atoms with Crippen LogP contribution in [0.1, 0.15) is 59.3 Å². The van der Waals surface area contributed by atoms with Crippen LogP contribution in [0.4, 0.5) is 4.79 Å². The molecular weight excluding hydrogens is 332 g/mol. The number of carbonyl (C=O) groups is 2. The normalized spacial score (nSPS) is 29.8. The molecule has 0 heterocycles. The van der Waals surface area contributed by atoms with Gasteiger partial charge in [-0.1, -0.05) is 0 Å². The minimum absolute atomic E-state index is 0.00990. The number of nitrogens with one attached hydrogen (secondary N) is 2. The maximum Gasteiger partial charge on any atom is 0.407 e. The third kappa shape index (κ3) is 4.62. The monoisotopic (exact) mass is 360 g/mol. The molecule has 0 saturated heterocycles. The van der Waals surface area contributed by atoms with Crippen LogP contribution in [0.15, 0.2) is 0 Å². The number of ether oxygens (including phenoxy) is 1. The number of alkyl carbamates (subject to hydrolysis) is 1. The lowest BCUT2D eigenvalue weighted by Crippen LogP contribution is -2.54. The van der Waals surface area contributed by atoms with Crippen molar-refractivity contribution < 1.29 is 22.7 Å². The Bertz CT molecular complexity index is 596. The van der Waals surface area contributed by atoms with Crippen LogP contribution < -0.4 is 10.0 Å². The first-order valence-electron chi connectivity index (χ1n) is 8.34. The van der Waals surface area contributed by atoms with E-state index >= 15 is 0 Å². The van der Waals surface area contributed by atoms with Gasteiger partial charge in [0.1, 0.15) is 5.60 Å². The van der Waals surface area contributed by atoms with Crippen LogP contribution in [0, 0.1) is 10.8 Å². The van der Waals surface area contributed by atoms with Crippen LogP contribution in [0.3, 0.4) is 0 Å². The minimum Gasteiger partial charge on any atom is -0.444 e. The minimum atomic E-state index is -3.53. The predicted molar refractivity (Wildman–Crippen MR) is 89.8 cm³/mol. The van der Waals surface area contributed by atoms with Gasteiger partial charge in [0.2, 0.25) is 15.9 Å². The first-order valence-corrected chi connectivity index (χ1v) is 10.2. The first kappa shape index (κ1) is 19.0. The van der Waals surface area contributed by atoms with Gasteiger partial charge >= 0.3 is 6.09 Å². The molecule has 24 heavy (non-hydrogen) atoms. The molecule has 0 aromatic rings. The second kappa shape index (κ2) is 6.20. The van der Waals surface area contributed by atoms with Crippen LogP contribution >= 0.6 is 0 Å². The zero-order valence-electron chi connectivity index (χ0n) is 14.9. The number of carbonyl (C=O) groups excluding carboxylic acids is 2. The molecule has 138 valence electrons. The standard InChI is InChI=1S/C16H28N2O5S/c1-14(2,3)23-13(20)17-11-15-5-8-16(9-6-15,10-7-15)12(19)18-24(4,21)22/h5-11H2,1-4H3,(H,17,20)(H,18,19). The van der Waals surface area contributed by atoms with Gasteiger partial charge in [-0.05, 0) is 64.7 Å². The van der Waals surface area contributed by atoms with Crippen molar-refractivity contribution in [3.05, 3.63) is 0 Å². The lowest BCUT2D eigenvalue weighted by molar-refractivity contribution is -0.138. The maximum absolute atomic E-state index is 12.3. The lowest BCUT2D eigenvalue weighted by Gasteiger charge is -2.52. The molecule has 0 radical (unpaired) electrons. The Kier molecular flexibility index (Phi) is 4.92. The van der Waals surface area contributed by atoms with Gasteiger partial charge in [0.25, 0.3) is 0 Å². The van der Waals surface area contributed by atoms with E-state index in [1.165, 1.54) is 0 Å². The summed E-state index contributed by atoms with van der Waals surface area (Å²) in [5.74, 6) is -0.376. The van der Waals surface area contributed by atoms with Crippen LogP contribution in [0.5, 0.6) is 0 Å². The van der Waals surface area contributed by atoms with Crippen molar-refractivity contribution in [2.75, 3.05) is 12.8 Å². The highest BCUT2D eigenvalue weighted by molar-refractivity contribution is 7.89. The highest BCUT2D eigenvalue weighted by atomic mass is 32.2. The van der Waals surface area contributed by atoms with E-state index in [0.29, 0.717) is 25.8 Å². The summed E-state index contributed by atoms with van der Waals surface area (Å²) in [7, 11) is -3.53. The summed E-state index contributed by atoms with van der Waals surface area (Å²) in [6.45, 7) is 5.99. The van der Waals surface area contributed by atoms with Crippen molar-refractivity contribution >= 4 is 22.0 Å². The fourth-order valence-electron chi connectivity index (χ4n) is 3.72. The van der Waals surface area contributed by atoms with Gasteiger partial charge in [-0.15, -0.1) is 0 Å². The highest BCUT2D eigenvalue weighted by Gasteiger charge is 2.52. The van der Waals surface area contributed by atoms with Crippen molar-refractivity contribution in [2.24, 2.45) is 10.8 Å². The molecule has 0 atom stereocenters. The molecule has 7 nitrogen and oxygen atoms in total. The maximum atomic E-state index is 12.3.